The summed E-state index contributed by atoms with van der Waals surface area (Å²) in [7, 11) is 3.29. The maximum Gasteiger partial charge on any atom is 0.271 e. The zero-order valence-corrected chi connectivity index (χ0v) is 20.6. The third kappa shape index (κ3) is 5.60. The number of amides is 1. The molecule has 2 heterocycles. The van der Waals surface area contributed by atoms with E-state index in [4.69, 9.17) is 25.8 Å². The fraction of sp³-hybridized carbons (Fsp3) is 0.565. The number of methoxy groups -OCH3 is 1. The number of aromatic amines is 1. The highest BCUT2D eigenvalue weighted by atomic mass is 35.5. The quantitative estimate of drug-likeness (QED) is 0.506. The summed E-state index contributed by atoms with van der Waals surface area (Å²) in [6, 6.07) is 3.52. The minimum Gasteiger partial charge on any atom is -0.382 e. The SMILES string of the molecule is CCN(c1cc(Cl)cc(C(=O)NCc2c(C)[nH]n(C)c2=O)c1C)[C@H]1COC[C@@H]1OCCOC. The molecule has 3 rings (SSSR count). The average molecular weight is 481 g/mol. The monoisotopic (exact) mass is 480 g/mol. The smallest absolute Gasteiger partial charge is 0.271 e. The van der Waals surface area contributed by atoms with Crippen LogP contribution in [-0.4, -0.2) is 67.9 Å². The lowest BCUT2D eigenvalue weighted by Crippen LogP contribution is -2.45. The predicted molar refractivity (Wildman–Crippen MR) is 127 cm³/mol. The van der Waals surface area contributed by atoms with Crippen LogP contribution in [-0.2, 0) is 27.8 Å². The van der Waals surface area contributed by atoms with Crippen molar-refractivity contribution >= 4 is 23.2 Å². The van der Waals surface area contributed by atoms with Crippen LogP contribution in [0.2, 0.25) is 5.02 Å². The number of nitrogens with zero attached hydrogens (tertiary/aromatic N) is 2. The molecule has 2 atom stereocenters. The highest BCUT2D eigenvalue weighted by Gasteiger charge is 2.34. The van der Waals surface area contributed by atoms with E-state index in [9.17, 15) is 9.59 Å². The van der Waals surface area contributed by atoms with Crippen LogP contribution in [0.5, 0.6) is 0 Å². The molecule has 1 fully saturated rings. The number of hydrogen-bond acceptors (Lipinski definition) is 6. The predicted octanol–water partition coefficient (Wildman–Crippen LogP) is 2.17. The summed E-state index contributed by atoms with van der Waals surface area (Å²) in [6.07, 6.45) is -0.108. The molecule has 9 nitrogen and oxygen atoms in total. The second-order valence-electron chi connectivity index (χ2n) is 8.15. The highest BCUT2D eigenvalue weighted by molar-refractivity contribution is 6.31. The van der Waals surface area contributed by atoms with Gasteiger partial charge in [0.05, 0.1) is 44.6 Å². The molecule has 1 aromatic carbocycles. The summed E-state index contributed by atoms with van der Waals surface area (Å²) >= 11 is 6.44. The van der Waals surface area contributed by atoms with E-state index < -0.39 is 0 Å². The lowest BCUT2D eigenvalue weighted by atomic mass is 10.0. The van der Waals surface area contributed by atoms with Crippen LogP contribution in [0.15, 0.2) is 16.9 Å². The summed E-state index contributed by atoms with van der Waals surface area (Å²) in [5.41, 5.74) is 3.23. The molecule has 0 bridgehead atoms. The van der Waals surface area contributed by atoms with Crippen molar-refractivity contribution in [1.29, 1.82) is 0 Å². The molecule has 33 heavy (non-hydrogen) atoms. The standard InChI is InChI=1S/C23H33ClN4O5/c1-6-28(20-12-32-13-21(20)33-8-7-31-5)19-10-16(24)9-17(14(19)2)22(29)25-11-18-15(3)26-27(4)23(18)30/h9-10,20-21,26H,6-8,11-13H2,1-5H3,(H,25,29)/t20-,21-/m0/s1. The number of rotatable bonds is 10. The normalized spacial score (nSPS) is 18.0. The van der Waals surface area contributed by atoms with Gasteiger partial charge in [0, 0.05) is 42.7 Å². The van der Waals surface area contributed by atoms with Crippen molar-refractivity contribution < 1.29 is 19.0 Å². The number of halogens is 1. The number of hydrogen-bond donors (Lipinski definition) is 2. The van der Waals surface area contributed by atoms with Crippen molar-refractivity contribution in [3.8, 4) is 0 Å². The number of nitrogens with one attached hydrogen (secondary N) is 2. The maximum atomic E-state index is 13.1. The first-order valence-corrected chi connectivity index (χ1v) is 11.4. The van der Waals surface area contributed by atoms with Crippen molar-refractivity contribution in [2.75, 3.05) is 45.0 Å². The molecule has 0 unspecified atom stereocenters. The minimum absolute atomic E-state index is 0.00883. The number of anilines is 1. The van der Waals surface area contributed by atoms with Gasteiger partial charge in [-0.1, -0.05) is 11.6 Å². The summed E-state index contributed by atoms with van der Waals surface area (Å²) in [5.74, 6) is -0.287. The fourth-order valence-corrected chi connectivity index (χ4v) is 4.46. The molecule has 2 N–H and O–H groups in total. The van der Waals surface area contributed by atoms with Crippen LogP contribution in [0.25, 0.3) is 0 Å². The topological polar surface area (TPSA) is 97.8 Å². The number of H-pyrrole nitrogens is 1. The van der Waals surface area contributed by atoms with Gasteiger partial charge in [-0.25, -0.2) is 0 Å². The molecule has 0 aliphatic carbocycles. The lowest BCUT2D eigenvalue weighted by molar-refractivity contribution is 0.00728. The first kappa shape index (κ1) is 25.3. The van der Waals surface area contributed by atoms with Crippen LogP contribution in [0.1, 0.15) is 34.1 Å². The van der Waals surface area contributed by atoms with Crippen molar-refractivity contribution in [2.24, 2.45) is 7.05 Å². The Kier molecular flexibility index (Phi) is 8.58. The molecule has 10 heteroatoms. The Hall–Kier alpha value is -2.33. The van der Waals surface area contributed by atoms with Crippen molar-refractivity contribution in [1.82, 2.24) is 15.1 Å². The van der Waals surface area contributed by atoms with Crippen LogP contribution < -0.4 is 15.8 Å². The number of likely N-dealkylation sites (N-methyl/N-ethyl adjacent to an activating group) is 1. The molecule has 1 saturated heterocycles. The van der Waals surface area contributed by atoms with E-state index in [0.717, 1.165) is 16.9 Å². The van der Waals surface area contributed by atoms with E-state index in [-0.39, 0.29) is 30.2 Å². The molecule has 182 valence electrons. The van der Waals surface area contributed by atoms with E-state index in [1.807, 2.05) is 13.0 Å². The Morgan fingerprint density at radius 1 is 1.33 bits per heavy atom. The Labute approximate surface area is 198 Å². The van der Waals surface area contributed by atoms with Gasteiger partial charge in [0.25, 0.3) is 11.5 Å². The van der Waals surface area contributed by atoms with E-state index in [2.05, 4.69) is 22.2 Å². The fourth-order valence-electron chi connectivity index (χ4n) is 4.24. The Morgan fingerprint density at radius 3 is 2.73 bits per heavy atom. The summed E-state index contributed by atoms with van der Waals surface area (Å²) in [5, 5.41) is 6.26. The largest absolute Gasteiger partial charge is 0.382 e. The van der Waals surface area contributed by atoms with Crippen molar-refractivity contribution in [3.63, 3.8) is 0 Å². The first-order valence-electron chi connectivity index (χ1n) is 11.1. The molecule has 2 aromatic rings. The zero-order valence-electron chi connectivity index (χ0n) is 19.9. The average Bonchev–Trinajstić information content (AvgIpc) is 3.33. The minimum atomic E-state index is -0.287. The zero-order chi connectivity index (χ0) is 24.1. The number of carbonyl (C=O) groups excluding carboxylic acids is 1. The van der Waals surface area contributed by atoms with Gasteiger partial charge in [-0.05, 0) is 38.5 Å². The van der Waals surface area contributed by atoms with Crippen LogP contribution in [0.4, 0.5) is 5.69 Å². The molecular weight excluding hydrogens is 448 g/mol. The second kappa shape index (κ2) is 11.2. The van der Waals surface area contributed by atoms with Crippen LogP contribution >= 0.6 is 11.6 Å². The van der Waals surface area contributed by atoms with E-state index in [1.54, 1.807) is 27.1 Å². The van der Waals surface area contributed by atoms with E-state index in [1.165, 1.54) is 4.68 Å². The number of benzene rings is 1. The molecule has 0 saturated carbocycles. The summed E-state index contributed by atoms with van der Waals surface area (Å²) in [6.45, 7) is 8.61. The molecule has 0 spiro atoms. The molecular formula is C23H33ClN4O5. The first-order chi connectivity index (χ1) is 15.8. The molecule has 1 amide bonds. The Balaban J connectivity index is 1.83. The molecule has 0 radical (unpaired) electrons. The van der Waals surface area contributed by atoms with Gasteiger partial charge in [-0.3, -0.25) is 19.4 Å². The van der Waals surface area contributed by atoms with Crippen LogP contribution in [0, 0.1) is 13.8 Å². The number of aromatic nitrogens is 2. The molecule has 1 aliphatic rings. The third-order valence-corrected chi connectivity index (χ3v) is 6.25. The molecule has 1 aliphatic heterocycles. The van der Waals surface area contributed by atoms with Crippen molar-refractivity contribution in [3.05, 3.63) is 49.9 Å². The lowest BCUT2D eigenvalue weighted by Gasteiger charge is -2.34. The number of carbonyl (C=O) groups is 1. The number of ether oxygens (including phenoxy) is 3. The Bertz CT molecular complexity index is 1030. The second-order valence-corrected chi connectivity index (χ2v) is 8.59. The molecule has 1 aromatic heterocycles. The van der Waals surface area contributed by atoms with Gasteiger partial charge in [0.2, 0.25) is 0 Å². The van der Waals surface area contributed by atoms with Gasteiger partial charge in [0.15, 0.2) is 0 Å². The Morgan fingerprint density at radius 2 is 2.09 bits per heavy atom. The third-order valence-electron chi connectivity index (χ3n) is 6.04. The van der Waals surface area contributed by atoms with Gasteiger partial charge in [0.1, 0.15) is 6.10 Å². The van der Waals surface area contributed by atoms with Gasteiger partial charge in [-0.2, -0.15) is 0 Å². The summed E-state index contributed by atoms with van der Waals surface area (Å²) in [4.78, 5) is 27.5. The van der Waals surface area contributed by atoms with Gasteiger partial charge >= 0.3 is 0 Å². The maximum absolute atomic E-state index is 13.1. The van der Waals surface area contributed by atoms with Gasteiger partial charge < -0.3 is 24.4 Å². The van der Waals surface area contributed by atoms with Crippen LogP contribution in [0.3, 0.4) is 0 Å². The summed E-state index contributed by atoms with van der Waals surface area (Å²) < 4.78 is 18.2. The van der Waals surface area contributed by atoms with Crippen molar-refractivity contribution in [2.45, 2.75) is 39.5 Å². The van der Waals surface area contributed by atoms with Gasteiger partial charge in [-0.15, -0.1) is 0 Å². The van der Waals surface area contributed by atoms with E-state index >= 15 is 0 Å². The highest BCUT2D eigenvalue weighted by Crippen LogP contribution is 2.32. The number of aryl methyl sites for hydroxylation is 2. The van der Waals surface area contributed by atoms with E-state index in [0.29, 0.717) is 49.1 Å².